The molecule has 1 aromatic carbocycles. The van der Waals surface area contributed by atoms with Crippen molar-refractivity contribution in [3.63, 3.8) is 0 Å². The van der Waals surface area contributed by atoms with Crippen LogP contribution in [-0.4, -0.2) is 5.78 Å². The van der Waals surface area contributed by atoms with Crippen molar-refractivity contribution in [1.82, 2.24) is 0 Å². The number of benzene rings is 1. The lowest BCUT2D eigenvalue weighted by Crippen LogP contribution is -2.20. The summed E-state index contributed by atoms with van der Waals surface area (Å²) in [7, 11) is 0. The molecule has 1 aliphatic heterocycles. The van der Waals surface area contributed by atoms with E-state index in [-0.39, 0.29) is 11.9 Å². The summed E-state index contributed by atoms with van der Waals surface area (Å²) in [5.74, 6) is 0.728. The molecule has 2 aromatic rings. The molecule has 1 atom stereocenters. The normalized spacial score (nSPS) is 18.1. The SMILES string of the molecule is Cc1cc(C2CC(=O)c3cc(Cl)ccc3O2)c(C)s1. The van der Waals surface area contributed by atoms with Crippen molar-refractivity contribution in [2.45, 2.75) is 26.4 Å². The van der Waals surface area contributed by atoms with E-state index in [4.69, 9.17) is 16.3 Å². The number of Topliss-reactive ketones (excluding diaryl/α,β-unsaturated/α-hetero) is 1. The highest BCUT2D eigenvalue weighted by molar-refractivity contribution is 7.12. The Hall–Kier alpha value is -1.32. The predicted molar refractivity (Wildman–Crippen MR) is 77.6 cm³/mol. The second kappa shape index (κ2) is 4.66. The van der Waals surface area contributed by atoms with E-state index in [1.165, 1.54) is 9.75 Å². The number of thiophene rings is 1. The van der Waals surface area contributed by atoms with Crippen LogP contribution in [0.3, 0.4) is 0 Å². The fourth-order valence-electron chi connectivity index (χ4n) is 2.44. The fraction of sp³-hybridized carbons (Fsp3) is 0.267. The number of fused-ring (bicyclic) bond motifs is 1. The van der Waals surface area contributed by atoms with Crippen molar-refractivity contribution < 1.29 is 9.53 Å². The number of ketones is 1. The average Bonchev–Trinajstić information content (AvgIpc) is 2.69. The van der Waals surface area contributed by atoms with Gasteiger partial charge in [0.25, 0.3) is 0 Å². The highest BCUT2D eigenvalue weighted by Gasteiger charge is 2.29. The number of aryl methyl sites for hydroxylation is 2. The highest BCUT2D eigenvalue weighted by atomic mass is 35.5. The number of ether oxygens (including phenoxy) is 1. The van der Waals surface area contributed by atoms with E-state index in [0.717, 1.165) is 5.56 Å². The topological polar surface area (TPSA) is 26.3 Å². The molecule has 3 rings (SSSR count). The summed E-state index contributed by atoms with van der Waals surface area (Å²) in [6, 6.07) is 7.32. The van der Waals surface area contributed by atoms with Crippen LogP contribution in [0.5, 0.6) is 5.75 Å². The van der Waals surface area contributed by atoms with E-state index in [0.29, 0.717) is 22.8 Å². The van der Waals surface area contributed by atoms with Gasteiger partial charge in [0.1, 0.15) is 11.9 Å². The molecule has 19 heavy (non-hydrogen) atoms. The van der Waals surface area contributed by atoms with E-state index >= 15 is 0 Å². The van der Waals surface area contributed by atoms with Gasteiger partial charge in [-0.05, 0) is 38.1 Å². The lowest BCUT2D eigenvalue weighted by molar-refractivity contribution is 0.0850. The van der Waals surface area contributed by atoms with Crippen LogP contribution in [-0.2, 0) is 0 Å². The maximum atomic E-state index is 12.2. The molecule has 2 heterocycles. The molecule has 4 heteroatoms. The molecule has 0 amide bonds. The molecule has 0 N–H and O–H groups in total. The van der Waals surface area contributed by atoms with Crippen LogP contribution in [0, 0.1) is 13.8 Å². The fourth-order valence-corrected chi connectivity index (χ4v) is 3.59. The maximum absolute atomic E-state index is 12.2. The van der Waals surface area contributed by atoms with Crippen molar-refractivity contribution in [1.29, 1.82) is 0 Å². The summed E-state index contributed by atoms with van der Waals surface area (Å²) in [5.41, 5.74) is 1.71. The summed E-state index contributed by atoms with van der Waals surface area (Å²) in [6.07, 6.45) is 0.204. The van der Waals surface area contributed by atoms with Crippen LogP contribution in [0.2, 0.25) is 5.02 Å². The minimum atomic E-state index is -0.175. The Morgan fingerprint density at radius 1 is 1.32 bits per heavy atom. The molecule has 2 nitrogen and oxygen atoms in total. The van der Waals surface area contributed by atoms with E-state index in [9.17, 15) is 4.79 Å². The first-order valence-electron chi connectivity index (χ1n) is 6.11. The van der Waals surface area contributed by atoms with Gasteiger partial charge in [-0.25, -0.2) is 0 Å². The quantitative estimate of drug-likeness (QED) is 0.760. The van der Waals surface area contributed by atoms with E-state index in [1.54, 1.807) is 29.5 Å². The van der Waals surface area contributed by atoms with Crippen LogP contribution in [0.15, 0.2) is 24.3 Å². The van der Waals surface area contributed by atoms with Gasteiger partial charge < -0.3 is 4.74 Å². The minimum absolute atomic E-state index is 0.0944. The number of halogens is 1. The van der Waals surface area contributed by atoms with Crippen molar-refractivity contribution in [3.8, 4) is 5.75 Å². The molecule has 0 fully saturated rings. The Bertz CT molecular complexity index is 660. The van der Waals surface area contributed by atoms with Crippen LogP contribution in [0.4, 0.5) is 0 Å². The number of hydrogen-bond donors (Lipinski definition) is 0. The summed E-state index contributed by atoms with van der Waals surface area (Å²) >= 11 is 7.65. The van der Waals surface area contributed by atoms with E-state index in [1.807, 2.05) is 0 Å². The molecule has 98 valence electrons. The molecular weight excluding hydrogens is 280 g/mol. The number of rotatable bonds is 1. The number of carbonyl (C=O) groups excluding carboxylic acids is 1. The van der Waals surface area contributed by atoms with Crippen molar-refractivity contribution in [3.05, 3.63) is 50.2 Å². The molecular formula is C15H13ClO2S. The molecule has 0 aliphatic carbocycles. The molecule has 0 saturated carbocycles. The van der Waals surface area contributed by atoms with Gasteiger partial charge in [-0.2, -0.15) is 0 Å². The van der Waals surface area contributed by atoms with Crippen molar-refractivity contribution >= 4 is 28.7 Å². The Morgan fingerprint density at radius 3 is 2.79 bits per heavy atom. The van der Waals surface area contributed by atoms with Crippen LogP contribution < -0.4 is 4.74 Å². The Balaban J connectivity index is 1.99. The average molecular weight is 293 g/mol. The first-order chi connectivity index (χ1) is 9.04. The lowest BCUT2D eigenvalue weighted by Gasteiger charge is -2.25. The zero-order chi connectivity index (χ0) is 13.6. The zero-order valence-corrected chi connectivity index (χ0v) is 12.3. The summed E-state index contributed by atoms with van der Waals surface area (Å²) in [4.78, 5) is 14.7. The van der Waals surface area contributed by atoms with Gasteiger partial charge in [-0.3, -0.25) is 4.79 Å². The van der Waals surface area contributed by atoms with Gasteiger partial charge in [-0.15, -0.1) is 11.3 Å². The van der Waals surface area contributed by atoms with Gasteiger partial charge in [0.05, 0.1) is 12.0 Å². The Morgan fingerprint density at radius 2 is 2.11 bits per heavy atom. The third-order valence-electron chi connectivity index (χ3n) is 3.31. The van der Waals surface area contributed by atoms with Crippen LogP contribution in [0.25, 0.3) is 0 Å². The van der Waals surface area contributed by atoms with Crippen LogP contribution >= 0.6 is 22.9 Å². The van der Waals surface area contributed by atoms with Crippen LogP contribution in [0.1, 0.15) is 38.2 Å². The monoisotopic (exact) mass is 292 g/mol. The second-order valence-electron chi connectivity index (χ2n) is 4.74. The third kappa shape index (κ3) is 2.28. The van der Waals surface area contributed by atoms with Crippen molar-refractivity contribution in [2.75, 3.05) is 0 Å². The highest BCUT2D eigenvalue weighted by Crippen LogP contribution is 2.38. The molecule has 1 unspecified atom stereocenters. The lowest BCUT2D eigenvalue weighted by atomic mass is 9.96. The Labute approximate surface area is 121 Å². The standard InChI is InChI=1S/C15H13ClO2S/c1-8-5-11(9(2)19-8)15-7-13(17)12-6-10(16)3-4-14(12)18-15/h3-6,15H,7H2,1-2H3. The molecule has 1 aliphatic rings. The molecule has 1 aromatic heterocycles. The zero-order valence-electron chi connectivity index (χ0n) is 10.7. The summed E-state index contributed by atoms with van der Waals surface area (Å²) < 4.78 is 5.96. The largest absolute Gasteiger partial charge is 0.484 e. The molecule has 0 bridgehead atoms. The first-order valence-corrected chi connectivity index (χ1v) is 7.30. The molecule has 0 spiro atoms. The number of carbonyl (C=O) groups is 1. The summed E-state index contributed by atoms with van der Waals surface area (Å²) in [5, 5.41) is 0.566. The van der Waals surface area contributed by atoms with E-state index < -0.39 is 0 Å². The maximum Gasteiger partial charge on any atom is 0.170 e. The van der Waals surface area contributed by atoms with Gasteiger partial charge in [0.15, 0.2) is 5.78 Å². The van der Waals surface area contributed by atoms with Gasteiger partial charge in [0, 0.05) is 20.3 Å². The van der Waals surface area contributed by atoms with Gasteiger partial charge in [-0.1, -0.05) is 11.6 Å². The van der Waals surface area contributed by atoms with E-state index in [2.05, 4.69) is 19.9 Å². The molecule has 0 radical (unpaired) electrons. The van der Waals surface area contributed by atoms with Gasteiger partial charge >= 0.3 is 0 Å². The van der Waals surface area contributed by atoms with Gasteiger partial charge in [0.2, 0.25) is 0 Å². The van der Waals surface area contributed by atoms with Crippen molar-refractivity contribution in [2.24, 2.45) is 0 Å². The summed E-state index contributed by atoms with van der Waals surface area (Å²) in [6.45, 7) is 4.14. The smallest absolute Gasteiger partial charge is 0.170 e. The number of hydrogen-bond acceptors (Lipinski definition) is 3. The Kier molecular flexibility index (Phi) is 3.11. The second-order valence-corrected chi connectivity index (χ2v) is 6.64. The predicted octanol–water partition coefficient (Wildman–Crippen LogP) is 4.72. The third-order valence-corrected chi connectivity index (χ3v) is 4.53. The molecule has 0 saturated heterocycles. The first kappa shape index (κ1) is 12.7. The minimum Gasteiger partial charge on any atom is -0.484 e.